The van der Waals surface area contributed by atoms with E-state index in [-0.39, 0.29) is 12.6 Å². The summed E-state index contributed by atoms with van der Waals surface area (Å²) in [5, 5.41) is 15.6. The summed E-state index contributed by atoms with van der Waals surface area (Å²) in [6, 6.07) is 10.2. The highest BCUT2D eigenvalue weighted by Gasteiger charge is 2.15. The topological polar surface area (TPSA) is 92.7 Å². The summed E-state index contributed by atoms with van der Waals surface area (Å²) in [6.45, 7) is 0.350. The van der Waals surface area contributed by atoms with E-state index in [0.717, 1.165) is 5.69 Å². The van der Waals surface area contributed by atoms with Crippen molar-refractivity contribution in [3.8, 4) is 11.5 Å². The van der Waals surface area contributed by atoms with Gasteiger partial charge in [-0.05, 0) is 30.3 Å². The first kappa shape index (κ1) is 17.6. The molecule has 128 valence electrons. The molecule has 2 rings (SSSR count). The number of aliphatic hydroxyl groups is 1. The van der Waals surface area contributed by atoms with Gasteiger partial charge in [0.1, 0.15) is 17.6 Å². The molecule has 1 heterocycles. The average molecular weight is 331 g/mol. The average Bonchev–Trinajstić information content (AvgIpc) is 2.64. The van der Waals surface area contributed by atoms with Crippen LogP contribution in [0.2, 0.25) is 0 Å². The fraction of sp³-hybridized carbons (Fsp3) is 0.294. The highest BCUT2D eigenvalue weighted by Crippen LogP contribution is 2.28. The number of rotatable bonds is 7. The first-order chi connectivity index (χ1) is 11.6. The second-order valence-electron chi connectivity index (χ2n) is 5.01. The Bertz CT molecular complexity index is 664. The van der Waals surface area contributed by atoms with Gasteiger partial charge >= 0.3 is 6.03 Å². The number of amides is 2. The van der Waals surface area contributed by atoms with Crippen LogP contribution in [-0.4, -0.2) is 36.9 Å². The van der Waals surface area contributed by atoms with Crippen molar-refractivity contribution in [1.82, 2.24) is 15.6 Å². The lowest BCUT2D eigenvalue weighted by atomic mass is 10.1. The maximum atomic E-state index is 11.8. The number of hydrogen-bond acceptors (Lipinski definition) is 5. The van der Waals surface area contributed by atoms with E-state index < -0.39 is 6.10 Å². The molecule has 1 aromatic heterocycles. The first-order valence-electron chi connectivity index (χ1n) is 7.45. The van der Waals surface area contributed by atoms with Crippen LogP contribution in [0.3, 0.4) is 0 Å². The number of ether oxygens (including phenoxy) is 2. The summed E-state index contributed by atoms with van der Waals surface area (Å²) in [5.74, 6) is 1.13. The summed E-state index contributed by atoms with van der Waals surface area (Å²) >= 11 is 0. The molecule has 0 bridgehead atoms. The molecule has 0 saturated carbocycles. The van der Waals surface area contributed by atoms with Gasteiger partial charge in [-0.2, -0.15) is 0 Å². The number of methoxy groups -OCH3 is 2. The van der Waals surface area contributed by atoms with Crippen molar-refractivity contribution in [2.45, 2.75) is 12.6 Å². The van der Waals surface area contributed by atoms with Gasteiger partial charge in [0.05, 0.1) is 26.5 Å². The lowest BCUT2D eigenvalue weighted by Gasteiger charge is -2.16. The summed E-state index contributed by atoms with van der Waals surface area (Å²) < 4.78 is 10.4. The van der Waals surface area contributed by atoms with Crippen LogP contribution in [0.4, 0.5) is 4.79 Å². The van der Waals surface area contributed by atoms with Gasteiger partial charge in [-0.1, -0.05) is 6.07 Å². The Kier molecular flexibility index (Phi) is 6.39. The molecule has 7 nitrogen and oxygen atoms in total. The molecule has 2 aromatic rings. The first-order valence-corrected chi connectivity index (χ1v) is 7.45. The third kappa shape index (κ3) is 4.85. The SMILES string of the molecule is COc1ccc(OC)c(C(O)CNC(=O)NCc2ccccn2)c1. The Morgan fingerprint density at radius 1 is 1.21 bits per heavy atom. The molecule has 0 fully saturated rings. The van der Waals surface area contributed by atoms with E-state index >= 15 is 0 Å². The van der Waals surface area contributed by atoms with Crippen molar-refractivity contribution < 1.29 is 19.4 Å². The zero-order valence-corrected chi connectivity index (χ0v) is 13.7. The lowest BCUT2D eigenvalue weighted by molar-refractivity contribution is 0.169. The zero-order valence-electron chi connectivity index (χ0n) is 13.7. The van der Waals surface area contributed by atoms with Gasteiger partial charge in [-0.3, -0.25) is 4.98 Å². The predicted molar refractivity (Wildman–Crippen MR) is 89.0 cm³/mol. The van der Waals surface area contributed by atoms with Crippen LogP contribution in [-0.2, 0) is 6.54 Å². The monoisotopic (exact) mass is 331 g/mol. The van der Waals surface area contributed by atoms with Crippen LogP contribution in [0.25, 0.3) is 0 Å². The molecular weight excluding hydrogens is 310 g/mol. The van der Waals surface area contributed by atoms with Crippen LogP contribution >= 0.6 is 0 Å². The largest absolute Gasteiger partial charge is 0.497 e. The number of pyridine rings is 1. The molecule has 3 N–H and O–H groups in total. The highest BCUT2D eigenvalue weighted by atomic mass is 16.5. The minimum atomic E-state index is -0.921. The van der Waals surface area contributed by atoms with E-state index in [1.54, 1.807) is 37.6 Å². The maximum Gasteiger partial charge on any atom is 0.315 e. The molecule has 0 saturated heterocycles. The van der Waals surface area contributed by atoms with Gasteiger partial charge < -0.3 is 25.2 Å². The Labute approximate surface area is 140 Å². The Hall–Kier alpha value is -2.80. The number of benzene rings is 1. The van der Waals surface area contributed by atoms with Gasteiger partial charge in [-0.25, -0.2) is 4.79 Å². The van der Waals surface area contributed by atoms with Crippen LogP contribution in [0.5, 0.6) is 11.5 Å². The van der Waals surface area contributed by atoms with E-state index in [0.29, 0.717) is 23.6 Å². The molecule has 1 atom stereocenters. The standard InChI is InChI=1S/C17H21N3O4/c1-23-13-6-7-16(24-2)14(9-13)15(21)11-20-17(22)19-10-12-5-3-4-8-18-12/h3-9,15,21H,10-11H2,1-2H3,(H2,19,20,22). The predicted octanol–water partition coefficient (Wildman–Crippen LogP) is 1.63. The summed E-state index contributed by atoms with van der Waals surface area (Å²) in [5.41, 5.74) is 1.30. The number of aliphatic hydroxyl groups excluding tert-OH is 1. The van der Waals surface area contributed by atoms with E-state index in [4.69, 9.17) is 9.47 Å². The van der Waals surface area contributed by atoms with Crippen molar-refractivity contribution >= 4 is 6.03 Å². The van der Waals surface area contributed by atoms with Gasteiger partial charge in [0.25, 0.3) is 0 Å². The highest BCUT2D eigenvalue weighted by molar-refractivity contribution is 5.73. The summed E-state index contributed by atoms with van der Waals surface area (Å²) in [6.07, 6.45) is 0.740. The minimum absolute atomic E-state index is 0.0393. The lowest BCUT2D eigenvalue weighted by Crippen LogP contribution is -2.37. The van der Waals surface area contributed by atoms with Gasteiger partial charge in [0, 0.05) is 18.3 Å². The minimum Gasteiger partial charge on any atom is -0.497 e. The second-order valence-corrected chi connectivity index (χ2v) is 5.01. The van der Waals surface area contributed by atoms with Crippen molar-refractivity contribution in [2.75, 3.05) is 20.8 Å². The summed E-state index contributed by atoms with van der Waals surface area (Å²) in [4.78, 5) is 15.9. The molecule has 1 unspecified atom stereocenters. The number of urea groups is 1. The number of carbonyl (C=O) groups excluding carboxylic acids is 1. The number of aromatic nitrogens is 1. The smallest absolute Gasteiger partial charge is 0.315 e. The van der Waals surface area contributed by atoms with E-state index in [1.807, 2.05) is 12.1 Å². The fourth-order valence-electron chi connectivity index (χ4n) is 2.14. The molecule has 0 aliphatic heterocycles. The third-order valence-corrected chi connectivity index (χ3v) is 3.41. The second kappa shape index (κ2) is 8.73. The molecule has 2 amide bonds. The molecule has 0 aliphatic rings. The van der Waals surface area contributed by atoms with Crippen molar-refractivity contribution in [3.05, 3.63) is 53.9 Å². The number of nitrogens with zero attached hydrogens (tertiary/aromatic N) is 1. The van der Waals surface area contributed by atoms with Crippen LogP contribution in [0, 0.1) is 0 Å². The van der Waals surface area contributed by atoms with E-state index in [1.165, 1.54) is 7.11 Å². The number of carbonyl (C=O) groups is 1. The Morgan fingerprint density at radius 3 is 2.71 bits per heavy atom. The molecule has 0 spiro atoms. The van der Waals surface area contributed by atoms with Crippen molar-refractivity contribution in [3.63, 3.8) is 0 Å². The molecule has 7 heteroatoms. The Morgan fingerprint density at radius 2 is 2.04 bits per heavy atom. The van der Waals surface area contributed by atoms with E-state index in [2.05, 4.69) is 15.6 Å². The summed E-state index contributed by atoms with van der Waals surface area (Å²) in [7, 11) is 3.06. The van der Waals surface area contributed by atoms with Gasteiger partial charge in [0.2, 0.25) is 0 Å². The van der Waals surface area contributed by atoms with E-state index in [9.17, 15) is 9.90 Å². The molecule has 0 radical (unpaired) electrons. The maximum absolute atomic E-state index is 11.8. The van der Waals surface area contributed by atoms with Gasteiger partial charge in [-0.15, -0.1) is 0 Å². The van der Waals surface area contributed by atoms with Crippen LogP contribution < -0.4 is 20.1 Å². The number of nitrogens with one attached hydrogen (secondary N) is 2. The van der Waals surface area contributed by atoms with Gasteiger partial charge in [0.15, 0.2) is 0 Å². The van der Waals surface area contributed by atoms with Crippen LogP contribution in [0.15, 0.2) is 42.6 Å². The fourth-order valence-corrected chi connectivity index (χ4v) is 2.14. The molecule has 1 aromatic carbocycles. The van der Waals surface area contributed by atoms with Crippen molar-refractivity contribution in [2.24, 2.45) is 0 Å². The van der Waals surface area contributed by atoms with Crippen molar-refractivity contribution in [1.29, 1.82) is 0 Å². The molecule has 24 heavy (non-hydrogen) atoms. The third-order valence-electron chi connectivity index (χ3n) is 3.41. The number of hydrogen-bond donors (Lipinski definition) is 3. The Balaban J connectivity index is 1.88. The quantitative estimate of drug-likeness (QED) is 0.717. The van der Waals surface area contributed by atoms with Crippen LogP contribution in [0.1, 0.15) is 17.4 Å². The normalized spacial score (nSPS) is 11.5. The molecule has 0 aliphatic carbocycles. The molecular formula is C17H21N3O4. The zero-order chi connectivity index (χ0) is 17.4.